The average molecular weight is 257 g/mol. The van der Waals surface area contributed by atoms with E-state index in [-0.39, 0.29) is 5.92 Å². The number of hydrogen-bond acceptors (Lipinski definition) is 5. The molecule has 0 spiro atoms. The van der Waals surface area contributed by atoms with Crippen molar-refractivity contribution < 1.29 is 9.26 Å². The summed E-state index contributed by atoms with van der Waals surface area (Å²) >= 11 is 0. The van der Waals surface area contributed by atoms with Crippen molar-refractivity contribution in [3.63, 3.8) is 0 Å². The van der Waals surface area contributed by atoms with Gasteiger partial charge >= 0.3 is 0 Å². The first-order chi connectivity index (χ1) is 9.42. The molecule has 2 aliphatic heterocycles. The predicted octanol–water partition coefficient (Wildman–Crippen LogP) is 1.67. The molecule has 2 unspecified atom stereocenters. The Bertz CT molecular complexity index is 590. The molecule has 1 saturated heterocycles. The Hall–Kier alpha value is -1.88. The molecule has 98 valence electrons. The van der Waals surface area contributed by atoms with Gasteiger partial charge in [0.05, 0.1) is 11.8 Å². The molecule has 4 rings (SSSR count). The van der Waals surface area contributed by atoms with E-state index in [1.807, 2.05) is 18.2 Å². The van der Waals surface area contributed by atoms with Crippen molar-refractivity contribution in [2.24, 2.45) is 0 Å². The second-order valence-corrected chi connectivity index (χ2v) is 5.08. The van der Waals surface area contributed by atoms with Crippen molar-refractivity contribution >= 4 is 0 Å². The number of para-hydroxylation sites is 1. The van der Waals surface area contributed by atoms with Crippen molar-refractivity contribution in [1.29, 1.82) is 0 Å². The Morgan fingerprint density at radius 3 is 3.11 bits per heavy atom. The van der Waals surface area contributed by atoms with Crippen LogP contribution >= 0.6 is 0 Å². The number of aromatic nitrogens is 2. The summed E-state index contributed by atoms with van der Waals surface area (Å²) in [6.07, 6.45) is 1.07. The molecule has 5 heteroatoms. The molecule has 0 saturated carbocycles. The maximum atomic E-state index is 5.67. The summed E-state index contributed by atoms with van der Waals surface area (Å²) in [4.78, 5) is 4.58. The first-order valence-corrected chi connectivity index (χ1v) is 6.68. The highest BCUT2D eigenvalue weighted by Crippen LogP contribution is 2.37. The molecule has 5 nitrogen and oxygen atoms in total. The van der Waals surface area contributed by atoms with Gasteiger partial charge in [-0.05, 0) is 19.0 Å². The van der Waals surface area contributed by atoms with E-state index in [0.717, 1.165) is 42.5 Å². The third kappa shape index (κ3) is 1.81. The summed E-state index contributed by atoms with van der Waals surface area (Å²) in [5.74, 6) is 2.89. The lowest BCUT2D eigenvalue weighted by molar-refractivity contribution is 0.328. The molecule has 1 fully saturated rings. The van der Waals surface area contributed by atoms with E-state index in [1.54, 1.807) is 0 Å². The Balaban J connectivity index is 1.63. The molecule has 0 bridgehead atoms. The molecule has 19 heavy (non-hydrogen) atoms. The third-order valence-electron chi connectivity index (χ3n) is 3.88. The fourth-order valence-electron chi connectivity index (χ4n) is 2.80. The van der Waals surface area contributed by atoms with Crippen molar-refractivity contribution in [1.82, 2.24) is 15.5 Å². The molecule has 0 aliphatic carbocycles. The summed E-state index contributed by atoms with van der Waals surface area (Å²) < 4.78 is 11.1. The Kier molecular flexibility index (Phi) is 2.51. The number of fused-ring (bicyclic) bond motifs is 1. The second kappa shape index (κ2) is 4.35. The Morgan fingerprint density at radius 2 is 2.21 bits per heavy atom. The van der Waals surface area contributed by atoms with Crippen LogP contribution in [0.25, 0.3) is 0 Å². The molecule has 0 radical (unpaired) electrons. The van der Waals surface area contributed by atoms with Gasteiger partial charge in [0.2, 0.25) is 5.89 Å². The van der Waals surface area contributed by atoms with Crippen molar-refractivity contribution in [2.45, 2.75) is 18.3 Å². The summed E-state index contributed by atoms with van der Waals surface area (Å²) in [6, 6.07) is 8.05. The van der Waals surface area contributed by atoms with E-state index in [0.29, 0.717) is 12.5 Å². The molecule has 1 aromatic carbocycles. The van der Waals surface area contributed by atoms with Gasteiger partial charge < -0.3 is 14.6 Å². The quantitative estimate of drug-likeness (QED) is 0.886. The van der Waals surface area contributed by atoms with Gasteiger partial charge in [-0.3, -0.25) is 0 Å². The minimum absolute atomic E-state index is 0.100. The first kappa shape index (κ1) is 11.0. The third-order valence-corrected chi connectivity index (χ3v) is 3.88. The molecular formula is C14H15N3O2. The van der Waals surface area contributed by atoms with Crippen LogP contribution in [0.2, 0.25) is 0 Å². The second-order valence-electron chi connectivity index (χ2n) is 5.08. The summed E-state index contributed by atoms with van der Waals surface area (Å²) in [7, 11) is 0. The number of hydrogen-bond donors (Lipinski definition) is 1. The van der Waals surface area contributed by atoms with Gasteiger partial charge in [0.25, 0.3) is 0 Å². The summed E-state index contributed by atoms with van der Waals surface area (Å²) in [6.45, 7) is 2.55. The van der Waals surface area contributed by atoms with Crippen molar-refractivity contribution in [3.8, 4) is 5.75 Å². The van der Waals surface area contributed by atoms with E-state index < -0.39 is 0 Å². The molecule has 2 aliphatic rings. The van der Waals surface area contributed by atoms with Gasteiger partial charge in [0, 0.05) is 12.1 Å². The first-order valence-electron chi connectivity index (χ1n) is 6.68. The van der Waals surface area contributed by atoms with Crippen LogP contribution in [0.5, 0.6) is 5.75 Å². The lowest BCUT2D eigenvalue weighted by Gasteiger charge is -2.02. The Morgan fingerprint density at radius 1 is 1.26 bits per heavy atom. The highest BCUT2D eigenvalue weighted by molar-refractivity contribution is 5.42. The minimum Gasteiger partial charge on any atom is -0.492 e. The molecule has 2 aromatic rings. The zero-order chi connectivity index (χ0) is 12.7. The van der Waals surface area contributed by atoms with E-state index in [9.17, 15) is 0 Å². The van der Waals surface area contributed by atoms with Gasteiger partial charge in [0.15, 0.2) is 5.82 Å². The molecule has 1 N–H and O–H groups in total. The number of rotatable bonds is 2. The van der Waals surface area contributed by atoms with E-state index in [1.165, 1.54) is 0 Å². The number of nitrogens with one attached hydrogen (secondary N) is 1. The standard InChI is InChI=1S/C14H15N3O2/c1-2-4-12-10(3-1)11(8-18-12)13-16-14(19-17-13)9-5-6-15-7-9/h1-4,9,11,15H,5-8H2. The van der Waals surface area contributed by atoms with E-state index in [2.05, 4.69) is 21.5 Å². The fraction of sp³-hybridized carbons (Fsp3) is 0.429. The smallest absolute Gasteiger partial charge is 0.231 e. The van der Waals surface area contributed by atoms with Gasteiger partial charge in [-0.15, -0.1) is 0 Å². The highest BCUT2D eigenvalue weighted by Gasteiger charge is 2.31. The molecule has 1 aromatic heterocycles. The van der Waals surface area contributed by atoms with Gasteiger partial charge in [-0.25, -0.2) is 0 Å². The fourth-order valence-corrected chi connectivity index (χ4v) is 2.80. The highest BCUT2D eigenvalue weighted by atomic mass is 16.5. The maximum absolute atomic E-state index is 5.67. The predicted molar refractivity (Wildman–Crippen MR) is 68.3 cm³/mol. The van der Waals surface area contributed by atoms with Crippen molar-refractivity contribution in [3.05, 3.63) is 41.5 Å². The lowest BCUT2D eigenvalue weighted by Crippen LogP contribution is -2.08. The van der Waals surface area contributed by atoms with Crippen LogP contribution in [0.3, 0.4) is 0 Å². The van der Waals surface area contributed by atoms with E-state index in [4.69, 9.17) is 9.26 Å². The van der Waals surface area contributed by atoms with Crippen LogP contribution < -0.4 is 10.1 Å². The SMILES string of the molecule is c1ccc2c(c1)OCC2c1noc(C2CCNC2)n1. The topological polar surface area (TPSA) is 60.2 Å². The number of ether oxygens (including phenoxy) is 1. The molecular weight excluding hydrogens is 242 g/mol. The number of benzene rings is 1. The zero-order valence-electron chi connectivity index (χ0n) is 10.5. The normalized spacial score (nSPS) is 25.3. The van der Waals surface area contributed by atoms with Gasteiger partial charge in [-0.1, -0.05) is 23.4 Å². The summed E-state index contributed by atoms with van der Waals surface area (Å²) in [5, 5.41) is 7.46. The van der Waals surface area contributed by atoms with Crippen molar-refractivity contribution in [2.75, 3.05) is 19.7 Å². The Labute approximate surface area is 111 Å². The van der Waals surface area contributed by atoms with Crippen LogP contribution in [-0.4, -0.2) is 29.8 Å². The van der Waals surface area contributed by atoms with Gasteiger partial charge in [-0.2, -0.15) is 4.98 Å². The lowest BCUT2D eigenvalue weighted by atomic mass is 10.0. The van der Waals surface area contributed by atoms with Crippen LogP contribution in [0.1, 0.15) is 35.5 Å². The van der Waals surface area contributed by atoms with Crippen LogP contribution in [0.4, 0.5) is 0 Å². The van der Waals surface area contributed by atoms with E-state index >= 15 is 0 Å². The molecule has 0 amide bonds. The minimum atomic E-state index is 0.100. The molecule has 2 atom stereocenters. The summed E-state index contributed by atoms with van der Waals surface area (Å²) in [5.41, 5.74) is 1.15. The van der Waals surface area contributed by atoms with Crippen LogP contribution in [-0.2, 0) is 0 Å². The van der Waals surface area contributed by atoms with Gasteiger partial charge in [0.1, 0.15) is 12.4 Å². The largest absolute Gasteiger partial charge is 0.492 e. The van der Waals surface area contributed by atoms with Crippen LogP contribution in [0.15, 0.2) is 28.8 Å². The maximum Gasteiger partial charge on any atom is 0.231 e. The molecule has 3 heterocycles. The number of nitrogens with zero attached hydrogens (tertiary/aromatic N) is 2. The average Bonchev–Trinajstić information content (AvgIpc) is 3.18. The monoisotopic (exact) mass is 257 g/mol. The van der Waals surface area contributed by atoms with Crippen LogP contribution in [0, 0.1) is 0 Å². The zero-order valence-corrected chi connectivity index (χ0v) is 10.5.